The van der Waals surface area contributed by atoms with Crippen LogP contribution in [0.5, 0.6) is 0 Å². The third-order valence-corrected chi connectivity index (χ3v) is 2.52. The van der Waals surface area contributed by atoms with Crippen molar-refractivity contribution in [3.8, 4) is 0 Å². The molecule has 0 aliphatic heterocycles. The van der Waals surface area contributed by atoms with Crippen molar-refractivity contribution < 1.29 is 22.8 Å². The molecule has 100 valence electrons. The molecule has 17 heavy (non-hydrogen) atoms. The topological polar surface area (TPSA) is 34.1 Å². The lowest BCUT2D eigenvalue weighted by Crippen LogP contribution is -2.30. The van der Waals surface area contributed by atoms with Crippen molar-refractivity contribution in [1.82, 2.24) is 0 Å². The highest BCUT2D eigenvalue weighted by molar-refractivity contribution is 6.06. The lowest BCUT2D eigenvalue weighted by Gasteiger charge is -2.05. The summed E-state index contributed by atoms with van der Waals surface area (Å²) in [5.41, 5.74) is 0. The van der Waals surface area contributed by atoms with E-state index in [4.69, 9.17) is 0 Å². The van der Waals surface area contributed by atoms with Crippen LogP contribution >= 0.6 is 0 Å². The summed E-state index contributed by atoms with van der Waals surface area (Å²) in [5, 5.41) is 0. The molecule has 0 amide bonds. The molecular formula is C12H19F3O2. The molecule has 0 radical (unpaired) electrons. The summed E-state index contributed by atoms with van der Waals surface area (Å²) in [4.78, 5) is 21.6. The normalized spacial score (nSPS) is 12.8. The third kappa shape index (κ3) is 7.13. The standard InChI is InChI=1S/C12H19F3O2/c1-2-3-4-5-6-7-8-9(16)10(13)11(17)12(14)15/h10,12H,2-8H2,1H3. The highest BCUT2D eigenvalue weighted by atomic mass is 19.3. The van der Waals surface area contributed by atoms with Gasteiger partial charge in [-0.05, 0) is 6.42 Å². The van der Waals surface area contributed by atoms with E-state index in [1.165, 1.54) is 0 Å². The number of Topliss-reactive ketones (excluding diaryl/α,β-unsaturated/α-hetero) is 2. The van der Waals surface area contributed by atoms with E-state index < -0.39 is 24.2 Å². The molecule has 0 heterocycles. The number of unbranched alkanes of at least 4 members (excludes halogenated alkanes) is 5. The summed E-state index contributed by atoms with van der Waals surface area (Å²) < 4.78 is 36.5. The van der Waals surface area contributed by atoms with Gasteiger partial charge in [-0.2, -0.15) is 0 Å². The molecule has 1 atom stereocenters. The van der Waals surface area contributed by atoms with Crippen LogP contribution in [0.4, 0.5) is 13.2 Å². The molecule has 5 heteroatoms. The zero-order valence-corrected chi connectivity index (χ0v) is 10.1. The van der Waals surface area contributed by atoms with Gasteiger partial charge in [-0.3, -0.25) is 9.59 Å². The van der Waals surface area contributed by atoms with Crippen molar-refractivity contribution in [2.24, 2.45) is 0 Å². The van der Waals surface area contributed by atoms with Gasteiger partial charge < -0.3 is 0 Å². The Labute approximate surface area is 99.6 Å². The first kappa shape index (κ1) is 16.1. The van der Waals surface area contributed by atoms with Gasteiger partial charge in [0.2, 0.25) is 12.0 Å². The maximum absolute atomic E-state index is 12.9. The van der Waals surface area contributed by atoms with Gasteiger partial charge in [0.25, 0.3) is 6.43 Å². The maximum Gasteiger partial charge on any atom is 0.299 e. The lowest BCUT2D eigenvalue weighted by molar-refractivity contribution is -0.141. The van der Waals surface area contributed by atoms with Gasteiger partial charge in [0.15, 0.2) is 5.78 Å². The van der Waals surface area contributed by atoms with Crippen molar-refractivity contribution in [2.75, 3.05) is 0 Å². The first-order valence-corrected chi connectivity index (χ1v) is 5.99. The summed E-state index contributed by atoms with van der Waals surface area (Å²) >= 11 is 0. The second-order valence-corrected chi connectivity index (χ2v) is 4.05. The first-order chi connectivity index (χ1) is 8.00. The molecule has 0 fully saturated rings. The molecule has 0 aromatic heterocycles. The minimum absolute atomic E-state index is 0.133. The van der Waals surface area contributed by atoms with Gasteiger partial charge in [0, 0.05) is 6.42 Å². The van der Waals surface area contributed by atoms with Crippen LogP contribution in [0.25, 0.3) is 0 Å². The Morgan fingerprint density at radius 3 is 2.00 bits per heavy atom. The van der Waals surface area contributed by atoms with Crippen molar-refractivity contribution in [1.29, 1.82) is 0 Å². The fraction of sp³-hybridized carbons (Fsp3) is 0.833. The molecule has 0 spiro atoms. The van der Waals surface area contributed by atoms with E-state index in [9.17, 15) is 22.8 Å². The average molecular weight is 252 g/mol. The van der Waals surface area contributed by atoms with Gasteiger partial charge in [-0.25, -0.2) is 13.2 Å². The first-order valence-electron chi connectivity index (χ1n) is 5.99. The van der Waals surface area contributed by atoms with Crippen LogP contribution in [0, 0.1) is 0 Å². The molecule has 0 saturated carbocycles. The molecule has 0 rings (SSSR count). The van der Waals surface area contributed by atoms with E-state index in [1.54, 1.807) is 0 Å². The van der Waals surface area contributed by atoms with Crippen LogP contribution in [-0.2, 0) is 9.59 Å². The summed E-state index contributed by atoms with van der Waals surface area (Å²) in [7, 11) is 0. The zero-order chi connectivity index (χ0) is 13.3. The van der Waals surface area contributed by atoms with Gasteiger partial charge in [-0.15, -0.1) is 0 Å². The Morgan fingerprint density at radius 1 is 0.941 bits per heavy atom. The molecule has 2 nitrogen and oxygen atoms in total. The molecular weight excluding hydrogens is 233 g/mol. The fourth-order valence-corrected chi connectivity index (χ4v) is 1.48. The second kappa shape index (κ2) is 9.19. The summed E-state index contributed by atoms with van der Waals surface area (Å²) in [6.45, 7) is 2.08. The number of hydrogen-bond donors (Lipinski definition) is 0. The average Bonchev–Trinajstić information content (AvgIpc) is 2.31. The van der Waals surface area contributed by atoms with Crippen LogP contribution in [0.3, 0.4) is 0 Å². The second-order valence-electron chi connectivity index (χ2n) is 4.05. The zero-order valence-electron chi connectivity index (χ0n) is 10.1. The van der Waals surface area contributed by atoms with Gasteiger partial charge in [-0.1, -0.05) is 39.0 Å². The Hall–Kier alpha value is -0.870. The predicted molar refractivity (Wildman–Crippen MR) is 58.9 cm³/mol. The fourth-order valence-electron chi connectivity index (χ4n) is 1.48. The quantitative estimate of drug-likeness (QED) is 0.440. The summed E-state index contributed by atoms with van der Waals surface area (Å²) in [6, 6.07) is 0. The number of carbonyl (C=O) groups excluding carboxylic acids is 2. The number of halogens is 3. The highest BCUT2D eigenvalue weighted by Crippen LogP contribution is 2.11. The molecule has 0 aliphatic rings. The highest BCUT2D eigenvalue weighted by Gasteiger charge is 2.31. The van der Waals surface area contributed by atoms with E-state index in [1.807, 2.05) is 0 Å². The van der Waals surface area contributed by atoms with E-state index in [0.29, 0.717) is 6.42 Å². The Morgan fingerprint density at radius 2 is 1.47 bits per heavy atom. The SMILES string of the molecule is CCCCCCCCC(=O)C(F)C(=O)C(F)F. The monoisotopic (exact) mass is 252 g/mol. The van der Waals surface area contributed by atoms with E-state index in [0.717, 1.165) is 32.1 Å². The number of hydrogen-bond acceptors (Lipinski definition) is 2. The minimum atomic E-state index is -3.40. The van der Waals surface area contributed by atoms with Crippen LogP contribution in [-0.4, -0.2) is 24.2 Å². The smallest absolute Gasteiger partial charge is 0.296 e. The van der Waals surface area contributed by atoms with Crippen LogP contribution in [0.15, 0.2) is 0 Å². The van der Waals surface area contributed by atoms with Crippen molar-refractivity contribution in [3.05, 3.63) is 0 Å². The van der Waals surface area contributed by atoms with E-state index in [-0.39, 0.29) is 6.42 Å². The molecule has 0 aromatic carbocycles. The lowest BCUT2D eigenvalue weighted by atomic mass is 10.0. The molecule has 0 N–H and O–H groups in total. The summed E-state index contributed by atoms with van der Waals surface area (Å²) in [5.74, 6) is -2.94. The van der Waals surface area contributed by atoms with E-state index >= 15 is 0 Å². The number of rotatable bonds is 10. The largest absolute Gasteiger partial charge is 0.299 e. The molecule has 0 saturated heterocycles. The third-order valence-electron chi connectivity index (χ3n) is 2.52. The van der Waals surface area contributed by atoms with Crippen LogP contribution in [0.2, 0.25) is 0 Å². The predicted octanol–water partition coefficient (Wildman–Crippen LogP) is 3.48. The number of alkyl halides is 3. The van der Waals surface area contributed by atoms with Crippen molar-refractivity contribution >= 4 is 11.6 Å². The Kier molecular flexibility index (Phi) is 8.72. The Bertz CT molecular complexity index is 242. The van der Waals surface area contributed by atoms with Crippen LogP contribution < -0.4 is 0 Å². The minimum Gasteiger partial charge on any atom is -0.296 e. The summed E-state index contributed by atoms with van der Waals surface area (Å²) in [6.07, 6.45) is -0.741. The van der Waals surface area contributed by atoms with Gasteiger partial charge >= 0.3 is 0 Å². The molecule has 1 unspecified atom stereocenters. The van der Waals surface area contributed by atoms with Crippen molar-refractivity contribution in [2.45, 2.75) is 64.5 Å². The number of ketones is 2. The molecule has 0 aromatic rings. The Balaban J connectivity index is 3.68. The number of carbonyl (C=O) groups is 2. The van der Waals surface area contributed by atoms with Crippen molar-refractivity contribution in [3.63, 3.8) is 0 Å². The van der Waals surface area contributed by atoms with Gasteiger partial charge in [0.05, 0.1) is 0 Å². The molecule has 0 bridgehead atoms. The molecule has 0 aliphatic carbocycles. The van der Waals surface area contributed by atoms with E-state index in [2.05, 4.69) is 6.92 Å². The van der Waals surface area contributed by atoms with Crippen LogP contribution in [0.1, 0.15) is 51.9 Å². The van der Waals surface area contributed by atoms with Gasteiger partial charge in [0.1, 0.15) is 0 Å². The maximum atomic E-state index is 12.9.